The van der Waals surface area contributed by atoms with E-state index >= 15 is 0 Å². The fraction of sp³-hybridized carbons (Fsp3) is 0.467. The lowest BCUT2D eigenvalue weighted by atomic mass is 9.93. The van der Waals surface area contributed by atoms with Gasteiger partial charge in [0.25, 0.3) is 0 Å². The Kier molecular flexibility index (Phi) is 4.20. The van der Waals surface area contributed by atoms with Crippen molar-refractivity contribution in [3.8, 4) is 16.3 Å². The highest BCUT2D eigenvalue weighted by molar-refractivity contribution is 7.09. The highest BCUT2D eigenvalue weighted by Crippen LogP contribution is 2.31. The maximum Gasteiger partial charge on any atom is 0.147 e. The lowest BCUT2D eigenvalue weighted by Gasteiger charge is -2.18. The molecule has 4 heteroatoms. The molecule has 102 valence electrons. The second-order valence-electron chi connectivity index (χ2n) is 5.80. The third kappa shape index (κ3) is 4.03. The molecule has 0 unspecified atom stereocenters. The van der Waals surface area contributed by atoms with E-state index in [-0.39, 0.29) is 5.41 Å². The second-order valence-corrected chi connectivity index (χ2v) is 6.55. The number of aryl methyl sites for hydroxylation is 1. The van der Waals surface area contributed by atoms with Gasteiger partial charge in [-0.15, -0.1) is 0 Å². The van der Waals surface area contributed by atoms with Gasteiger partial charge in [-0.2, -0.15) is 4.37 Å². The summed E-state index contributed by atoms with van der Waals surface area (Å²) in [5, 5.41) is 0.920. The van der Waals surface area contributed by atoms with Gasteiger partial charge in [-0.25, -0.2) is 4.98 Å². The van der Waals surface area contributed by atoms with Gasteiger partial charge in [-0.05, 0) is 42.4 Å². The Balaban J connectivity index is 2.13. The van der Waals surface area contributed by atoms with Crippen molar-refractivity contribution in [3.05, 3.63) is 30.1 Å². The van der Waals surface area contributed by atoms with Gasteiger partial charge in [0.05, 0.1) is 12.2 Å². The van der Waals surface area contributed by atoms with Crippen LogP contribution < -0.4 is 4.74 Å². The maximum atomic E-state index is 5.92. The summed E-state index contributed by atoms with van der Waals surface area (Å²) in [6.07, 6.45) is 1.02. The van der Waals surface area contributed by atoms with Crippen LogP contribution in [0.2, 0.25) is 0 Å². The maximum absolute atomic E-state index is 5.92. The van der Waals surface area contributed by atoms with E-state index in [1.165, 1.54) is 11.5 Å². The Labute approximate surface area is 118 Å². The first-order valence-corrected chi connectivity index (χ1v) is 7.25. The summed E-state index contributed by atoms with van der Waals surface area (Å²) < 4.78 is 10.1. The van der Waals surface area contributed by atoms with E-state index in [1.807, 2.05) is 31.2 Å². The van der Waals surface area contributed by atoms with Crippen molar-refractivity contribution in [2.75, 3.05) is 6.61 Å². The fourth-order valence-electron chi connectivity index (χ4n) is 1.64. The van der Waals surface area contributed by atoms with Crippen molar-refractivity contribution in [1.82, 2.24) is 9.36 Å². The number of benzene rings is 1. The number of para-hydroxylation sites is 1. The number of hydrogen-bond acceptors (Lipinski definition) is 4. The van der Waals surface area contributed by atoms with Crippen molar-refractivity contribution in [3.63, 3.8) is 0 Å². The summed E-state index contributed by atoms with van der Waals surface area (Å²) in [6.45, 7) is 9.28. The first-order valence-electron chi connectivity index (χ1n) is 6.48. The highest BCUT2D eigenvalue weighted by atomic mass is 32.1. The van der Waals surface area contributed by atoms with E-state index in [0.717, 1.165) is 35.2 Å². The van der Waals surface area contributed by atoms with Crippen molar-refractivity contribution < 1.29 is 4.74 Å². The zero-order valence-electron chi connectivity index (χ0n) is 11.9. The molecular weight excluding hydrogens is 256 g/mol. The molecular formula is C15H20N2OS. The topological polar surface area (TPSA) is 35.0 Å². The Morgan fingerprint density at radius 3 is 2.58 bits per heavy atom. The molecule has 3 nitrogen and oxygen atoms in total. The predicted molar refractivity (Wildman–Crippen MR) is 79.6 cm³/mol. The number of ether oxygens (including phenoxy) is 1. The van der Waals surface area contributed by atoms with Crippen LogP contribution in [0.15, 0.2) is 24.3 Å². The quantitative estimate of drug-likeness (QED) is 0.833. The summed E-state index contributed by atoms with van der Waals surface area (Å²) >= 11 is 1.41. The van der Waals surface area contributed by atoms with Gasteiger partial charge in [-0.3, -0.25) is 0 Å². The van der Waals surface area contributed by atoms with E-state index in [2.05, 4.69) is 30.1 Å². The number of rotatable bonds is 4. The first-order chi connectivity index (χ1) is 8.96. The molecule has 0 spiro atoms. The molecule has 2 rings (SSSR count). The Morgan fingerprint density at radius 1 is 1.21 bits per heavy atom. The third-order valence-corrected chi connectivity index (χ3v) is 3.59. The molecule has 0 aliphatic rings. The van der Waals surface area contributed by atoms with Gasteiger partial charge < -0.3 is 4.74 Å². The minimum absolute atomic E-state index is 0.286. The Bertz CT molecular complexity index is 543. The second kappa shape index (κ2) is 5.70. The van der Waals surface area contributed by atoms with Crippen molar-refractivity contribution in [1.29, 1.82) is 0 Å². The van der Waals surface area contributed by atoms with Gasteiger partial charge in [0.15, 0.2) is 0 Å². The van der Waals surface area contributed by atoms with Crippen LogP contribution in [-0.4, -0.2) is 16.0 Å². The van der Waals surface area contributed by atoms with Gasteiger partial charge >= 0.3 is 0 Å². The monoisotopic (exact) mass is 276 g/mol. The molecule has 0 aliphatic heterocycles. The van der Waals surface area contributed by atoms with Gasteiger partial charge in [-0.1, -0.05) is 32.9 Å². The van der Waals surface area contributed by atoms with Gasteiger partial charge in [0.1, 0.15) is 16.6 Å². The molecule has 0 fully saturated rings. The number of aromatic nitrogens is 2. The minimum Gasteiger partial charge on any atom is -0.493 e. The number of nitrogens with zero attached hydrogens (tertiary/aromatic N) is 2. The van der Waals surface area contributed by atoms with E-state index < -0.39 is 0 Å². The predicted octanol–water partition coefficient (Wildman–Crippen LogP) is 4.33. The largest absolute Gasteiger partial charge is 0.493 e. The van der Waals surface area contributed by atoms with E-state index in [1.54, 1.807) is 0 Å². The van der Waals surface area contributed by atoms with Crippen molar-refractivity contribution in [2.24, 2.45) is 5.41 Å². The molecule has 0 N–H and O–H groups in total. The average molecular weight is 276 g/mol. The normalized spacial score (nSPS) is 11.6. The first kappa shape index (κ1) is 14.0. The molecule has 0 saturated carbocycles. The molecule has 1 aromatic carbocycles. The smallest absolute Gasteiger partial charge is 0.147 e. The average Bonchev–Trinajstić information content (AvgIpc) is 2.75. The van der Waals surface area contributed by atoms with Crippen LogP contribution in [0.1, 0.15) is 33.0 Å². The van der Waals surface area contributed by atoms with Gasteiger partial charge in [0, 0.05) is 0 Å². The molecule has 19 heavy (non-hydrogen) atoms. The Hall–Kier alpha value is -1.42. The Morgan fingerprint density at radius 2 is 1.95 bits per heavy atom. The summed E-state index contributed by atoms with van der Waals surface area (Å²) in [5.41, 5.74) is 1.32. The van der Waals surface area contributed by atoms with E-state index in [9.17, 15) is 0 Å². The van der Waals surface area contributed by atoms with Crippen LogP contribution in [-0.2, 0) is 0 Å². The molecule has 1 heterocycles. The van der Waals surface area contributed by atoms with Crippen LogP contribution in [0.4, 0.5) is 0 Å². The van der Waals surface area contributed by atoms with E-state index in [4.69, 9.17) is 4.74 Å². The molecule has 0 radical (unpaired) electrons. The summed E-state index contributed by atoms with van der Waals surface area (Å²) in [4.78, 5) is 4.43. The molecule has 0 saturated heterocycles. The van der Waals surface area contributed by atoms with Gasteiger partial charge in [0.2, 0.25) is 0 Å². The minimum atomic E-state index is 0.286. The third-order valence-electron chi connectivity index (χ3n) is 2.75. The molecule has 0 aliphatic carbocycles. The number of hydrogen-bond donors (Lipinski definition) is 0. The molecule has 0 bridgehead atoms. The standard InChI is InChI=1S/C15H20N2OS/c1-11-16-14(19-17-11)12-7-5-6-8-13(12)18-10-9-15(2,3)4/h5-8H,9-10H2,1-4H3. The van der Waals surface area contributed by atoms with Crippen LogP contribution in [0, 0.1) is 12.3 Å². The van der Waals surface area contributed by atoms with Crippen molar-refractivity contribution in [2.45, 2.75) is 34.1 Å². The summed E-state index contributed by atoms with van der Waals surface area (Å²) in [5.74, 6) is 1.70. The van der Waals surface area contributed by atoms with Crippen LogP contribution in [0.3, 0.4) is 0 Å². The van der Waals surface area contributed by atoms with E-state index in [0.29, 0.717) is 0 Å². The fourth-order valence-corrected chi connectivity index (χ4v) is 2.34. The zero-order chi connectivity index (χ0) is 13.9. The molecule has 0 amide bonds. The lowest BCUT2D eigenvalue weighted by Crippen LogP contribution is -2.11. The zero-order valence-corrected chi connectivity index (χ0v) is 12.8. The van der Waals surface area contributed by atoms with Crippen LogP contribution >= 0.6 is 11.5 Å². The SMILES string of the molecule is Cc1nsc(-c2ccccc2OCCC(C)(C)C)n1. The molecule has 0 atom stereocenters. The molecule has 1 aromatic heterocycles. The summed E-state index contributed by atoms with van der Waals surface area (Å²) in [6, 6.07) is 8.02. The van der Waals surface area contributed by atoms with Crippen LogP contribution in [0.5, 0.6) is 5.75 Å². The van der Waals surface area contributed by atoms with Crippen molar-refractivity contribution >= 4 is 11.5 Å². The summed E-state index contributed by atoms with van der Waals surface area (Å²) in [7, 11) is 0. The molecule has 2 aromatic rings. The lowest BCUT2D eigenvalue weighted by molar-refractivity contribution is 0.244. The highest BCUT2D eigenvalue weighted by Gasteiger charge is 2.13. The van der Waals surface area contributed by atoms with Crippen LogP contribution in [0.25, 0.3) is 10.6 Å².